The Balaban J connectivity index is 1.71. The van der Waals surface area contributed by atoms with Crippen LogP contribution in [0.3, 0.4) is 0 Å². The second-order valence-corrected chi connectivity index (χ2v) is 8.16. The average Bonchev–Trinajstić information content (AvgIpc) is 3.47. The van der Waals surface area contributed by atoms with Crippen molar-refractivity contribution in [3.8, 4) is 45.3 Å². The predicted molar refractivity (Wildman–Crippen MR) is 145 cm³/mol. The van der Waals surface area contributed by atoms with Crippen molar-refractivity contribution in [2.24, 2.45) is 0 Å². The number of aromatic nitrogens is 3. The zero-order valence-corrected chi connectivity index (χ0v) is 18.6. The summed E-state index contributed by atoms with van der Waals surface area (Å²) >= 11 is 0. The number of rotatable bonds is 3. The van der Waals surface area contributed by atoms with Gasteiger partial charge in [0.05, 0.1) is 9.60 Å². The van der Waals surface area contributed by atoms with E-state index < -0.39 is 113 Å². The lowest BCUT2D eigenvalue weighted by Crippen LogP contribution is -2.28. The molecule has 0 saturated heterocycles. The van der Waals surface area contributed by atoms with Crippen molar-refractivity contribution in [3.05, 3.63) is 114 Å². The summed E-state index contributed by atoms with van der Waals surface area (Å²) in [5.74, 6) is -0.336. The molecule has 3 heteroatoms. The third-order valence-electron chi connectivity index (χ3n) is 6.05. The number of hydrogen-bond acceptors (Lipinski definition) is 3. The van der Waals surface area contributed by atoms with E-state index in [4.69, 9.17) is 13.7 Å². The molecule has 1 heterocycles. The van der Waals surface area contributed by atoms with Crippen LogP contribution in [-0.4, -0.2) is 15.0 Å². The summed E-state index contributed by atoms with van der Waals surface area (Å²) in [6.07, 6.45) is -19.7. The van der Waals surface area contributed by atoms with Crippen LogP contribution in [0.15, 0.2) is 103 Å². The summed E-state index contributed by atoms with van der Waals surface area (Å²) in [6.45, 7) is 0. The van der Waals surface area contributed by atoms with E-state index in [0.717, 1.165) is 0 Å². The molecule has 1 aromatic heterocycles. The van der Waals surface area contributed by atoms with E-state index in [9.17, 15) is 9.60 Å². The quantitative estimate of drug-likeness (QED) is 0.261. The van der Waals surface area contributed by atoms with Crippen molar-refractivity contribution in [1.29, 1.82) is 0 Å². The van der Waals surface area contributed by atoms with Gasteiger partial charge >= 0.3 is 0 Å². The standard InChI is InChI=1S/C33H27N3/c1-4-12-23(13-5-1)30-34-31(24-14-6-2-7-15-24)36-32(35-30)25-18-19-27-26-16-8-9-17-28(26)33(29(27)22-25)20-10-3-11-21-33/h1-2,4-9,12-19,22H,3,10-11,20-21H2/i3D2,8D,9D,10D2,11D2,16D,17D,18D,19D,20D2,21D2,22D. The zero-order chi connectivity index (χ0) is 39.0. The van der Waals surface area contributed by atoms with Crippen molar-refractivity contribution in [2.75, 3.05) is 0 Å². The van der Waals surface area contributed by atoms with Gasteiger partial charge < -0.3 is 0 Å². The first-order valence-electron chi connectivity index (χ1n) is 19.7. The molecule has 1 saturated carbocycles. The molecule has 7 rings (SSSR count). The van der Waals surface area contributed by atoms with E-state index >= 15 is 0 Å². The Morgan fingerprint density at radius 2 is 1.14 bits per heavy atom. The van der Waals surface area contributed by atoms with Gasteiger partial charge in [0.15, 0.2) is 17.5 Å². The van der Waals surface area contributed by atoms with E-state index in [1.165, 1.54) is 0 Å². The molecule has 0 atom stereocenters. The molecular weight excluding hydrogens is 438 g/mol. The molecule has 0 unspecified atom stereocenters. The summed E-state index contributed by atoms with van der Waals surface area (Å²) in [6, 6.07) is 10.4. The van der Waals surface area contributed by atoms with Gasteiger partial charge in [-0.3, -0.25) is 0 Å². The van der Waals surface area contributed by atoms with Crippen LogP contribution in [0.4, 0.5) is 0 Å². The van der Waals surface area contributed by atoms with Crippen LogP contribution in [0.25, 0.3) is 45.3 Å². The molecule has 3 nitrogen and oxygen atoms in total. The molecule has 0 aliphatic heterocycles. The molecule has 0 bridgehead atoms. The van der Waals surface area contributed by atoms with Crippen molar-refractivity contribution in [3.63, 3.8) is 0 Å². The topological polar surface area (TPSA) is 38.7 Å². The predicted octanol–water partition coefficient (Wildman–Crippen LogP) is 8.10. The SMILES string of the molecule is [2H]c1c([2H])c([2H])c2c(c1[2H])-c1c([2H])c([2H])c(-c3nc(-c4ccccc4)nc(-c4ccccc4)n3)c([2H])c1C21C([2H])([2H])C([2H])([2H])C([2H])([2H])C([2H])([2H])C1([2H])[2H]. The van der Waals surface area contributed by atoms with Crippen LogP contribution >= 0.6 is 0 Å². The Hall–Kier alpha value is -4.11. The van der Waals surface area contributed by atoms with Crippen LogP contribution < -0.4 is 0 Å². The molecule has 0 radical (unpaired) electrons. The van der Waals surface area contributed by atoms with Gasteiger partial charge in [-0.1, -0.05) is 116 Å². The van der Waals surface area contributed by atoms with Crippen LogP contribution in [0.5, 0.6) is 0 Å². The van der Waals surface area contributed by atoms with Gasteiger partial charge in [-0.2, -0.15) is 0 Å². The minimum atomic E-state index is -3.95. The molecule has 2 aliphatic carbocycles. The Morgan fingerprint density at radius 1 is 0.583 bits per heavy atom. The molecule has 0 amide bonds. The molecule has 1 spiro atoms. The lowest BCUT2D eigenvalue weighted by Gasteiger charge is -2.36. The van der Waals surface area contributed by atoms with E-state index in [0.29, 0.717) is 11.1 Å². The Morgan fingerprint density at radius 3 is 1.78 bits per heavy atom. The first-order chi connectivity index (χ1) is 24.5. The molecular formula is C33H27N3. The highest BCUT2D eigenvalue weighted by molar-refractivity contribution is 5.83. The maximum atomic E-state index is 9.66. The highest BCUT2D eigenvalue weighted by Crippen LogP contribution is 2.56. The van der Waals surface area contributed by atoms with E-state index in [1.807, 2.05) is 0 Å². The summed E-state index contributed by atoms with van der Waals surface area (Å²) in [4.78, 5) is 13.6. The first-order valence-corrected chi connectivity index (χ1v) is 11.2. The lowest BCUT2D eigenvalue weighted by atomic mass is 9.67. The van der Waals surface area contributed by atoms with Crippen LogP contribution in [-0.2, 0) is 5.41 Å². The number of fused-ring (bicyclic) bond motifs is 5. The Bertz CT molecular complexity index is 2280. The number of nitrogens with zero attached hydrogens (tertiary/aromatic N) is 3. The molecule has 36 heavy (non-hydrogen) atoms. The van der Waals surface area contributed by atoms with E-state index in [2.05, 4.69) is 15.0 Å². The smallest absolute Gasteiger partial charge is 0.164 e. The van der Waals surface area contributed by atoms with Gasteiger partial charge in [0, 0.05) is 35.8 Å². The van der Waals surface area contributed by atoms with Crippen molar-refractivity contribution < 1.29 is 23.3 Å². The fourth-order valence-electron chi connectivity index (χ4n) is 4.38. The lowest BCUT2D eigenvalue weighted by molar-refractivity contribution is 0.353. The minimum absolute atomic E-state index is 0.0436. The van der Waals surface area contributed by atoms with Gasteiger partial charge in [0.2, 0.25) is 0 Å². The Kier molecular flexibility index (Phi) is 2.39. The largest absolute Gasteiger partial charge is 0.208 e. The van der Waals surface area contributed by atoms with E-state index in [1.54, 1.807) is 60.7 Å². The van der Waals surface area contributed by atoms with Gasteiger partial charge in [0.25, 0.3) is 0 Å². The van der Waals surface area contributed by atoms with Crippen LogP contribution in [0, 0.1) is 0 Å². The summed E-state index contributed by atoms with van der Waals surface area (Å²) in [7, 11) is 0. The fraction of sp³-hybridized carbons (Fsp3) is 0.182. The molecule has 4 aromatic carbocycles. The monoisotopic (exact) mass is 482 g/mol. The van der Waals surface area contributed by atoms with Gasteiger partial charge in [-0.15, -0.1) is 0 Å². The normalized spacial score (nSPS) is 29.3. The zero-order valence-electron chi connectivity index (χ0n) is 35.6. The third-order valence-corrected chi connectivity index (χ3v) is 6.05. The van der Waals surface area contributed by atoms with Gasteiger partial charge in [-0.05, 0) is 41.0 Å². The highest BCUT2D eigenvalue weighted by Gasteiger charge is 2.43. The van der Waals surface area contributed by atoms with Gasteiger partial charge in [0.1, 0.15) is 0 Å². The summed E-state index contributed by atoms with van der Waals surface area (Å²) in [5.41, 5.74) is -6.63. The maximum Gasteiger partial charge on any atom is 0.164 e. The van der Waals surface area contributed by atoms with Crippen molar-refractivity contribution in [2.45, 2.75) is 37.3 Å². The van der Waals surface area contributed by atoms with Gasteiger partial charge in [-0.25, -0.2) is 15.0 Å². The second kappa shape index (κ2) is 8.53. The number of hydrogen-bond donors (Lipinski definition) is 0. The van der Waals surface area contributed by atoms with Crippen molar-refractivity contribution in [1.82, 2.24) is 15.0 Å². The summed E-state index contributed by atoms with van der Waals surface area (Å²) in [5, 5.41) is 0. The minimum Gasteiger partial charge on any atom is -0.208 e. The van der Waals surface area contributed by atoms with Crippen LogP contribution in [0.2, 0.25) is 0 Å². The molecule has 5 aromatic rings. The molecule has 2 aliphatic rings. The fourth-order valence-corrected chi connectivity index (χ4v) is 4.38. The number of benzene rings is 4. The molecule has 1 fully saturated rings. The highest BCUT2D eigenvalue weighted by atomic mass is 15.0. The maximum absolute atomic E-state index is 9.66. The molecule has 174 valence electrons. The first kappa shape index (κ1) is 10.1. The third kappa shape index (κ3) is 3.38. The van der Waals surface area contributed by atoms with Crippen LogP contribution in [0.1, 0.15) is 66.3 Å². The Labute approximate surface area is 235 Å². The van der Waals surface area contributed by atoms with Crippen molar-refractivity contribution >= 4 is 0 Å². The second-order valence-electron chi connectivity index (χ2n) is 8.16. The summed E-state index contributed by atoms with van der Waals surface area (Å²) < 4.78 is 153. The van der Waals surface area contributed by atoms with E-state index in [-0.39, 0.29) is 11.6 Å². The average molecular weight is 483 g/mol. The molecule has 0 N–H and O–H groups in total.